The number of aromatic hydroxyl groups is 1. The number of nitrogen functional groups attached to an aromatic ring is 1. The summed E-state index contributed by atoms with van der Waals surface area (Å²) < 4.78 is 1.76. The number of phenols is 1. The predicted octanol–water partition coefficient (Wildman–Crippen LogP) is -0.789. The number of carboxylic acids is 2. The molecule has 3 atom stereocenters. The monoisotopic (exact) mass is 677 g/mol. The van der Waals surface area contributed by atoms with Gasteiger partial charge in [0, 0.05) is 45.9 Å². The van der Waals surface area contributed by atoms with Gasteiger partial charge in [0.05, 0.1) is 17.2 Å². The highest BCUT2D eigenvalue weighted by molar-refractivity contribution is 8.00. The van der Waals surface area contributed by atoms with E-state index in [4.69, 9.17) is 10.6 Å². The molecule has 4 aromatic rings. The molecule has 16 nitrogen and oxygen atoms in total. The SMILES string of the molecule is Nc1nc(/C(=N/OC(C(=O)O)c2ccc(O)c3[nH]c(=O)ccc23)C(=O)N[C@@H]2C(=O)N3C(C(=O)[O-])=C(C[n+]4ccccc4)CS[C@H]23)cs1. The van der Waals surface area contributed by atoms with Gasteiger partial charge in [-0.25, -0.2) is 14.3 Å². The number of carbonyl (C=O) groups excluding carboxylic acids is 3. The molecule has 1 fully saturated rings. The predicted molar refractivity (Wildman–Crippen MR) is 164 cm³/mol. The lowest BCUT2D eigenvalue weighted by Gasteiger charge is -2.50. The average molecular weight is 678 g/mol. The molecular formula is C29H23N7O9S2. The fourth-order valence-corrected chi connectivity index (χ4v) is 7.07. The smallest absolute Gasteiger partial charge is 0.352 e. The Morgan fingerprint density at radius 1 is 1.21 bits per heavy atom. The first-order valence-corrected chi connectivity index (χ1v) is 15.6. The van der Waals surface area contributed by atoms with Crippen LogP contribution in [-0.4, -0.2) is 71.7 Å². The molecule has 2 amide bonds. The van der Waals surface area contributed by atoms with E-state index in [1.54, 1.807) is 29.1 Å². The maximum atomic E-state index is 13.6. The maximum absolute atomic E-state index is 13.6. The lowest BCUT2D eigenvalue weighted by molar-refractivity contribution is -0.689. The van der Waals surface area contributed by atoms with E-state index in [0.29, 0.717) is 5.57 Å². The first-order chi connectivity index (χ1) is 22.5. The van der Waals surface area contributed by atoms with Crippen molar-refractivity contribution < 1.29 is 43.9 Å². The number of amides is 2. The molecule has 18 heteroatoms. The van der Waals surface area contributed by atoms with Crippen LogP contribution in [0.4, 0.5) is 5.13 Å². The topological polar surface area (TPSA) is 244 Å². The third kappa shape index (κ3) is 5.98. The number of H-pyrrole nitrogens is 1. The van der Waals surface area contributed by atoms with Crippen LogP contribution in [-0.2, 0) is 30.6 Å². The highest BCUT2D eigenvalue weighted by Crippen LogP contribution is 2.40. The summed E-state index contributed by atoms with van der Waals surface area (Å²) in [5, 5.41) is 39.5. The summed E-state index contributed by atoms with van der Waals surface area (Å²) in [5.41, 5.74) is 4.79. The number of anilines is 1. The first-order valence-electron chi connectivity index (χ1n) is 13.7. The van der Waals surface area contributed by atoms with E-state index in [-0.39, 0.29) is 51.0 Å². The molecule has 3 aromatic heterocycles. The fraction of sp³-hybridized carbons (Fsp3) is 0.172. The number of nitrogens with one attached hydrogen (secondary N) is 2. The number of nitrogens with two attached hydrogens (primary N) is 1. The number of fused-ring (bicyclic) bond motifs is 2. The molecule has 240 valence electrons. The minimum atomic E-state index is -1.82. The molecular weight excluding hydrogens is 654 g/mol. The summed E-state index contributed by atoms with van der Waals surface area (Å²) in [4.78, 5) is 76.0. The zero-order valence-electron chi connectivity index (χ0n) is 23.9. The van der Waals surface area contributed by atoms with Crippen LogP contribution in [0.3, 0.4) is 0 Å². The summed E-state index contributed by atoms with van der Waals surface area (Å²) >= 11 is 2.22. The Kier molecular flexibility index (Phi) is 8.35. The molecule has 0 radical (unpaired) electrons. The molecule has 1 saturated heterocycles. The molecule has 0 saturated carbocycles. The van der Waals surface area contributed by atoms with E-state index in [1.807, 2.05) is 6.07 Å². The van der Waals surface area contributed by atoms with Crippen LogP contribution in [0.2, 0.25) is 0 Å². The molecule has 0 bridgehead atoms. The van der Waals surface area contributed by atoms with Crippen molar-refractivity contribution >= 4 is 68.6 Å². The van der Waals surface area contributed by atoms with Gasteiger partial charge in [-0.15, -0.1) is 23.1 Å². The third-order valence-corrected chi connectivity index (χ3v) is 9.33. The summed E-state index contributed by atoms with van der Waals surface area (Å²) in [7, 11) is 0. The molecule has 2 aliphatic heterocycles. The van der Waals surface area contributed by atoms with Crippen molar-refractivity contribution in [1.82, 2.24) is 20.2 Å². The van der Waals surface area contributed by atoms with E-state index < -0.39 is 52.5 Å². The van der Waals surface area contributed by atoms with Crippen molar-refractivity contribution in [1.29, 1.82) is 0 Å². The number of thioether (sulfide) groups is 1. The number of oxime groups is 1. The highest BCUT2D eigenvalue weighted by Gasteiger charge is 2.53. The number of aliphatic carboxylic acids is 2. The molecule has 0 spiro atoms. The van der Waals surface area contributed by atoms with Gasteiger partial charge in [0.1, 0.15) is 22.9 Å². The van der Waals surface area contributed by atoms with Gasteiger partial charge in [0.25, 0.3) is 11.8 Å². The number of hydrogen-bond acceptors (Lipinski definition) is 13. The number of rotatable bonds is 10. The third-order valence-electron chi connectivity index (χ3n) is 7.32. The molecule has 6 N–H and O–H groups in total. The maximum Gasteiger partial charge on any atom is 0.352 e. The number of thiazole rings is 1. The number of hydrogen-bond donors (Lipinski definition) is 5. The minimum Gasteiger partial charge on any atom is -0.543 e. The largest absolute Gasteiger partial charge is 0.543 e. The Balaban J connectivity index is 1.27. The number of β-lactam (4-membered cyclic amide) rings is 1. The standard InChI is InChI=1S/C29H23N7O9S2/c30-29-31-16(12-47-29)20(34-45-23(28(43)44)15-4-6-17(37)19-14(15)5-7-18(38)32-19)24(39)33-21-25(40)36-22(27(41)42)13(11-46-26(21)36)10-35-8-2-1-3-9-35/h1-9,12,21,23,26H,10-11H2,(H6-,30,31,32,33,34,37,38,39,41,42,43,44)/t21-,23?,26-/m1/s1. The van der Waals surface area contributed by atoms with Crippen molar-refractivity contribution in [3.63, 3.8) is 0 Å². The number of benzene rings is 1. The second-order valence-electron chi connectivity index (χ2n) is 10.3. The van der Waals surface area contributed by atoms with Crippen LogP contribution in [0.1, 0.15) is 17.4 Å². The fourth-order valence-electron chi connectivity index (χ4n) is 5.19. The van der Waals surface area contributed by atoms with Crippen LogP contribution in [0.5, 0.6) is 5.75 Å². The Bertz CT molecular complexity index is 2060. The molecule has 5 heterocycles. The van der Waals surface area contributed by atoms with Gasteiger partial charge in [-0.05, 0) is 12.1 Å². The number of aromatic amines is 1. The lowest BCUT2D eigenvalue weighted by atomic mass is 10.0. The van der Waals surface area contributed by atoms with E-state index in [0.717, 1.165) is 22.3 Å². The molecule has 1 unspecified atom stereocenters. The molecule has 0 aliphatic carbocycles. The van der Waals surface area contributed by atoms with Crippen LogP contribution in [0.25, 0.3) is 10.9 Å². The average Bonchev–Trinajstić information content (AvgIpc) is 3.48. The summed E-state index contributed by atoms with van der Waals surface area (Å²) in [6.45, 7) is 0.210. The number of pyridine rings is 2. The van der Waals surface area contributed by atoms with Gasteiger partial charge < -0.3 is 41.0 Å². The second-order valence-corrected chi connectivity index (χ2v) is 12.3. The van der Waals surface area contributed by atoms with Crippen LogP contribution >= 0.6 is 23.1 Å². The molecule has 47 heavy (non-hydrogen) atoms. The van der Waals surface area contributed by atoms with Gasteiger partial charge in [0.2, 0.25) is 11.7 Å². The quantitative estimate of drug-likeness (QED) is 0.0600. The normalized spacial score (nSPS) is 18.3. The first kappa shape index (κ1) is 31.2. The number of carbonyl (C=O) groups is 4. The van der Waals surface area contributed by atoms with Crippen LogP contribution in [0, 0.1) is 0 Å². The van der Waals surface area contributed by atoms with E-state index >= 15 is 0 Å². The molecule has 2 aliphatic rings. The Labute approximate surface area is 271 Å². The van der Waals surface area contributed by atoms with Gasteiger partial charge in [-0.1, -0.05) is 17.3 Å². The second kappa shape index (κ2) is 12.6. The van der Waals surface area contributed by atoms with Gasteiger partial charge in [-0.3, -0.25) is 19.3 Å². The van der Waals surface area contributed by atoms with Gasteiger partial charge in [0.15, 0.2) is 29.8 Å². The summed E-state index contributed by atoms with van der Waals surface area (Å²) in [6.07, 6.45) is 1.69. The highest BCUT2D eigenvalue weighted by atomic mass is 32.2. The summed E-state index contributed by atoms with van der Waals surface area (Å²) in [5.74, 6) is -4.78. The number of nitrogens with zero attached hydrogens (tertiary/aromatic N) is 4. The van der Waals surface area contributed by atoms with Crippen molar-refractivity contribution in [2.24, 2.45) is 5.16 Å². The molecule has 6 rings (SSSR count). The van der Waals surface area contributed by atoms with Crippen LogP contribution in [0.15, 0.2) is 81.5 Å². The summed E-state index contributed by atoms with van der Waals surface area (Å²) in [6, 6.07) is 9.08. The van der Waals surface area contributed by atoms with Crippen molar-refractivity contribution in [2.45, 2.75) is 24.1 Å². The van der Waals surface area contributed by atoms with E-state index in [9.17, 15) is 39.3 Å². The number of phenolic OH excluding ortho intramolecular Hbond substituents is 1. The van der Waals surface area contributed by atoms with E-state index in [2.05, 4.69) is 20.4 Å². The Morgan fingerprint density at radius 2 is 1.98 bits per heavy atom. The van der Waals surface area contributed by atoms with Crippen molar-refractivity contribution in [3.05, 3.63) is 93.1 Å². The number of carboxylic acid groups (broad SMARTS) is 2. The van der Waals surface area contributed by atoms with E-state index in [1.165, 1.54) is 35.3 Å². The van der Waals surface area contributed by atoms with Crippen molar-refractivity contribution in [2.75, 3.05) is 11.5 Å². The Morgan fingerprint density at radius 3 is 2.66 bits per heavy atom. The number of aromatic nitrogens is 3. The van der Waals surface area contributed by atoms with Gasteiger partial charge >= 0.3 is 5.97 Å². The lowest BCUT2D eigenvalue weighted by Crippen LogP contribution is -2.71. The van der Waals surface area contributed by atoms with Crippen LogP contribution < -0.4 is 26.3 Å². The van der Waals surface area contributed by atoms with Gasteiger partial charge in [-0.2, -0.15) is 0 Å². The van der Waals surface area contributed by atoms with Crippen molar-refractivity contribution in [3.8, 4) is 5.75 Å². The minimum absolute atomic E-state index is 0.00247. The zero-order valence-corrected chi connectivity index (χ0v) is 25.5. The zero-order chi connectivity index (χ0) is 33.4. The Hall–Kier alpha value is -5.75. The molecule has 1 aromatic carbocycles.